The van der Waals surface area contributed by atoms with Crippen molar-refractivity contribution in [2.24, 2.45) is 0 Å². The average Bonchev–Trinajstić information content (AvgIpc) is 2.49. The highest BCUT2D eigenvalue weighted by molar-refractivity contribution is 14.1. The van der Waals surface area contributed by atoms with Gasteiger partial charge >= 0.3 is 0 Å². The van der Waals surface area contributed by atoms with Gasteiger partial charge < -0.3 is 5.32 Å². The number of hydrogen-bond donors (Lipinski definition) is 2. The number of benzene rings is 2. The van der Waals surface area contributed by atoms with E-state index in [0.717, 1.165) is 13.7 Å². The Balaban J connectivity index is 2.02. The monoisotopic (exact) mass is 516 g/mol. The van der Waals surface area contributed by atoms with Gasteiger partial charge in [0.1, 0.15) is 0 Å². The molecule has 0 spiro atoms. The van der Waals surface area contributed by atoms with Gasteiger partial charge in [0.05, 0.1) is 5.69 Å². The predicted octanol–water partition coefficient (Wildman–Crippen LogP) is 5.48. The minimum atomic E-state index is -0.222. The fourth-order valence-electron chi connectivity index (χ4n) is 2.04. The summed E-state index contributed by atoms with van der Waals surface area (Å²) in [6.45, 7) is 6.42. The maximum Gasteiger partial charge on any atom is 0.257 e. The van der Waals surface area contributed by atoms with Crippen LogP contribution in [0.25, 0.3) is 0 Å². The summed E-state index contributed by atoms with van der Waals surface area (Å²) in [5, 5.41) is 6.03. The van der Waals surface area contributed by atoms with Crippen molar-refractivity contribution in [1.82, 2.24) is 5.32 Å². The van der Waals surface area contributed by atoms with Gasteiger partial charge in [-0.05, 0) is 76.1 Å². The van der Waals surface area contributed by atoms with E-state index in [1.807, 2.05) is 42.5 Å². The lowest BCUT2D eigenvalue weighted by Gasteiger charge is -2.19. The Morgan fingerprint density at radius 1 is 1.12 bits per heavy atom. The third-order valence-corrected chi connectivity index (χ3v) is 5.01. The highest BCUT2D eigenvalue weighted by atomic mass is 127. The zero-order chi connectivity index (χ0) is 17.9. The summed E-state index contributed by atoms with van der Waals surface area (Å²) in [7, 11) is 0. The molecule has 0 aromatic heterocycles. The predicted molar refractivity (Wildman–Crippen MR) is 116 cm³/mol. The molecule has 2 aromatic carbocycles. The summed E-state index contributed by atoms with van der Waals surface area (Å²) in [6.07, 6.45) is 0. The van der Waals surface area contributed by atoms with Gasteiger partial charge in [-0.2, -0.15) is 0 Å². The van der Waals surface area contributed by atoms with Crippen LogP contribution in [-0.4, -0.2) is 11.0 Å². The van der Waals surface area contributed by atoms with Crippen LogP contribution in [0.2, 0.25) is 0 Å². The fraction of sp³-hybridized carbons (Fsp3) is 0.222. The number of nitrogens with one attached hydrogen (secondary N) is 2. The largest absolute Gasteiger partial charge is 0.332 e. The van der Waals surface area contributed by atoms with Crippen molar-refractivity contribution in [2.75, 3.05) is 5.32 Å². The maximum absolute atomic E-state index is 12.3. The topological polar surface area (TPSA) is 41.1 Å². The summed E-state index contributed by atoms with van der Waals surface area (Å²) in [4.78, 5) is 12.3. The molecule has 0 aliphatic heterocycles. The quantitative estimate of drug-likeness (QED) is 0.410. The summed E-state index contributed by atoms with van der Waals surface area (Å²) in [6, 6.07) is 13.4. The Morgan fingerprint density at radius 3 is 2.29 bits per heavy atom. The van der Waals surface area contributed by atoms with Gasteiger partial charge in [-0.25, -0.2) is 0 Å². The molecule has 0 aliphatic rings. The molecule has 126 valence electrons. The van der Waals surface area contributed by atoms with E-state index < -0.39 is 0 Å². The van der Waals surface area contributed by atoms with E-state index in [4.69, 9.17) is 12.2 Å². The van der Waals surface area contributed by atoms with Crippen molar-refractivity contribution in [3.63, 3.8) is 0 Å². The molecule has 6 heteroatoms. The first-order valence-corrected chi connectivity index (χ1v) is 9.63. The molecule has 0 bridgehead atoms. The zero-order valence-corrected chi connectivity index (χ0v) is 18.2. The Labute approximate surface area is 169 Å². The van der Waals surface area contributed by atoms with E-state index in [2.05, 4.69) is 69.9 Å². The van der Waals surface area contributed by atoms with E-state index in [0.29, 0.717) is 5.56 Å². The van der Waals surface area contributed by atoms with Crippen molar-refractivity contribution in [3.05, 3.63) is 61.6 Å². The first-order chi connectivity index (χ1) is 11.2. The lowest BCUT2D eigenvalue weighted by molar-refractivity contribution is 0.0977. The van der Waals surface area contributed by atoms with Crippen LogP contribution in [0, 0.1) is 3.57 Å². The summed E-state index contributed by atoms with van der Waals surface area (Å²) in [5.41, 5.74) is 2.68. The zero-order valence-electron chi connectivity index (χ0n) is 13.6. The molecule has 0 radical (unpaired) electrons. The second-order valence-electron chi connectivity index (χ2n) is 6.36. The van der Waals surface area contributed by atoms with E-state index in [9.17, 15) is 4.79 Å². The average molecular weight is 517 g/mol. The standard InChI is InChI=1S/C18H18BrIN2OS/c1-18(2,3)12-6-4-11(5-7-12)16(23)22-17(24)21-15-9-8-13(19)10-14(15)20/h4-10H,1-3H3,(H2,21,22,23,24). The van der Waals surface area contributed by atoms with Gasteiger partial charge in [-0.3, -0.25) is 10.1 Å². The molecule has 0 unspecified atom stereocenters. The second-order valence-corrected chi connectivity index (χ2v) is 8.85. The van der Waals surface area contributed by atoms with E-state index in [1.165, 1.54) is 5.56 Å². The van der Waals surface area contributed by atoms with Crippen LogP contribution < -0.4 is 10.6 Å². The number of carbonyl (C=O) groups excluding carboxylic acids is 1. The molecule has 2 aromatic rings. The molecule has 0 heterocycles. The van der Waals surface area contributed by atoms with E-state index >= 15 is 0 Å². The minimum absolute atomic E-state index is 0.0597. The first-order valence-electron chi connectivity index (χ1n) is 7.35. The fourth-order valence-corrected chi connectivity index (χ4v) is 3.68. The summed E-state index contributed by atoms with van der Waals surface area (Å²) in [5.74, 6) is -0.222. The number of hydrogen-bond acceptors (Lipinski definition) is 2. The maximum atomic E-state index is 12.3. The van der Waals surface area contributed by atoms with Crippen molar-refractivity contribution in [3.8, 4) is 0 Å². The van der Waals surface area contributed by atoms with Crippen LogP contribution in [0.3, 0.4) is 0 Å². The summed E-state index contributed by atoms with van der Waals surface area (Å²) >= 11 is 10.9. The minimum Gasteiger partial charge on any atom is -0.332 e. The van der Waals surface area contributed by atoms with Crippen LogP contribution in [-0.2, 0) is 5.41 Å². The molecule has 2 N–H and O–H groups in total. The number of carbonyl (C=O) groups is 1. The molecule has 1 amide bonds. The number of thiocarbonyl (C=S) groups is 1. The number of amides is 1. The third kappa shape index (κ3) is 5.26. The highest BCUT2D eigenvalue weighted by Crippen LogP contribution is 2.23. The molecule has 0 saturated heterocycles. The van der Waals surface area contributed by atoms with Crippen LogP contribution in [0.1, 0.15) is 36.7 Å². The van der Waals surface area contributed by atoms with Gasteiger partial charge in [-0.15, -0.1) is 0 Å². The molecule has 0 fully saturated rings. The molecular weight excluding hydrogens is 499 g/mol. The summed E-state index contributed by atoms with van der Waals surface area (Å²) < 4.78 is 2.00. The molecule has 3 nitrogen and oxygen atoms in total. The second kappa shape index (κ2) is 7.93. The van der Waals surface area contributed by atoms with Crippen LogP contribution in [0.4, 0.5) is 5.69 Å². The molecular formula is C18H18BrIN2OS. The van der Waals surface area contributed by atoms with Crippen LogP contribution >= 0.6 is 50.7 Å². The van der Waals surface area contributed by atoms with Crippen LogP contribution in [0.5, 0.6) is 0 Å². The van der Waals surface area contributed by atoms with Gasteiger partial charge in [0, 0.05) is 13.6 Å². The Bertz CT molecular complexity index is 770. The SMILES string of the molecule is CC(C)(C)c1ccc(C(=O)NC(=S)Nc2ccc(Br)cc2I)cc1. The van der Waals surface area contributed by atoms with Gasteiger partial charge in [0.15, 0.2) is 5.11 Å². The van der Waals surface area contributed by atoms with Crippen molar-refractivity contribution >= 4 is 67.4 Å². The molecule has 24 heavy (non-hydrogen) atoms. The number of anilines is 1. The Hall–Kier alpha value is -0.990. The van der Waals surface area contributed by atoms with E-state index in [1.54, 1.807) is 0 Å². The Morgan fingerprint density at radius 2 is 1.75 bits per heavy atom. The first kappa shape index (κ1) is 19.3. The van der Waals surface area contributed by atoms with Crippen molar-refractivity contribution in [1.29, 1.82) is 0 Å². The van der Waals surface area contributed by atoms with Crippen molar-refractivity contribution in [2.45, 2.75) is 26.2 Å². The lowest BCUT2D eigenvalue weighted by Crippen LogP contribution is -2.34. The number of rotatable bonds is 2. The Kier molecular flexibility index (Phi) is 6.39. The van der Waals surface area contributed by atoms with Crippen molar-refractivity contribution < 1.29 is 4.79 Å². The smallest absolute Gasteiger partial charge is 0.257 e. The highest BCUT2D eigenvalue weighted by Gasteiger charge is 2.15. The third-order valence-electron chi connectivity index (χ3n) is 3.42. The number of halogens is 2. The molecule has 0 aliphatic carbocycles. The van der Waals surface area contributed by atoms with Gasteiger partial charge in [-0.1, -0.05) is 48.8 Å². The molecule has 0 atom stereocenters. The van der Waals surface area contributed by atoms with Gasteiger partial charge in [0.2, 0.25) is 0 Å². The lowest BCUT2D eigenvalue weighted by atomic mass is 9.87. The van der Waals surface area contributed by atoms with E-state index in [-0.39, 0.29) is 16.4 Å². The van der Waals surface area contributed by atoms with Gasteiger partial charge in [0.25, 0.3) is 5.91 Å². The molecule has 0 saturated carbocycles. The normalized spacial score (nSPS) is 11.0. The molecule has 2 rings (SSSR count). The van der Waals surface area contributed by atoms with Crippen LogP contribution in [0.15, 0.2) is 46.9 Å².